The molecule has 186 valence electrons. The van der Waals surface area contributed by atoms with Gasteiger partial charge in [-0.2, -0.15) is 0 Å². The first-order chi connectivity index (χ1) is 16.7. The monoisotopic (exact) mass is 480 g/mol. The molecule has 2 aromatic heterocycles. The summed E-state index contributed by atoms with van der Waals surface area (Å²) in [5.41, 5.74) is 1.63. The molecule has 1 aliphatic heterocycles. The molecule has 0 bridgehead atoms. The number of methoxy groups -OCH3 is 1. The predicted molar refractivity (Wildman–Crippen MR) is 132 cm³/mol. The van der Waals surface area contributed by atoms with E-state index in [1.54, 1.807) is 30.2 Å². The maximum absolute atomic E-state index is 13.0. The number of anilines is 1. The SMILES string of the molecule is COc1ccc(NC(=O)C2CCCN(C(=O)OC(C)(C)C)C2)cc1OCc1cn2ccccc2n1. The highest BCUT2D eigenvalue weighted by molar-refractivity contribution is 5.93. The van der Waals surface area contributed by atoms with Crippen molar-refractivity contribution in [3.8, 4) is 11.5 Å². The summed E-state index contributed by atoms with van der Waals surface area (Å²) >= 11 is 0. The fourth-order valence-corrected chi connectivity index (χ4v) is 4.00. The number of piperidine rings is 1. The minimum Gasteiger partial charge on any atom is -0.493 e. The number of fused-ring (bicyclic) bond motifs is 1. The van der Waals surface area contributed by atoms with E-state index in [0.717, 1.165) is 17.8 Å². The Morgan fingerprint density at radius 1 is 1.17 bits per heavy atom. The Balaban J connectivity index is 1.40. The van der Waals surface area contributed by atoms with E-state index in [2.05, 4.69) is 10.3 Å². The predicted octanol–water partition coefficient (Wildman–Crippen LogP) is 4.51. The summed E-state index contributed by atoms with van der Waals surface area (Å²) in [5, 5.41) is 2.96. The lowest BCUT2D eigenvalue weighted by molar-refractivity contribution is -0.121. The van der Waals surface area contributed by atoms with Crippen LogP contribution in [0.25, 0.3) is 5.65 Å². The number of hydrogen-bond donors (Lipinski definition) is 1. The van der Waals surface area contributed by atoms with Gasteiger partial charge in [-0.15, -0.1) is 0 Å². The lowest BCUT2D eigenvalue weighted by Crippen LogP contribution is -2.45. The molecule has 2 amide bonds. The fraction of sp³-hybridized carbons (Fsp3) is 0.423. The molecule has 1 unspecified atom stereocenters. The Morgan fingerprint density at radius 2 is 2.00 bits per heavy atom. The van der Waals surface area contributed by atoms with E-state index in [4.69, 9.17) is 14.2 Å². The Morgan fingerprint density at radius 3 is 2.74 bits per heavy atom. The smallest absolute Gasteiger partial charge is 0.410 e. The number of imidazole rings is 1. The Hall–Kier alpha value is -3.75. The van der Waals surface area contributed by atoms with Crippen molar-refractivity contribution in [2.75, 3.05) is 25.5 Å². The van der Waals surface area contributed by atoms with Crippen LogP contribution in [0.3, 0.4) is 0 Å². The standard InChI is InChI=1S/C26H32N4O5/c1-26(2,3)35-25(32)30-13-7-8-18(15-30)24(31)28-19-10-11-21(33-4)22(14-19)34-17-20-16-29-12-6-5-9-23(29)27-20/h5-6,9-12,14,16,18H,7-8,13,15,17H2,1-4H3,(H,28,31). The van der Waals surface area contributed by atoms with Gasteiger partial charge in [-0.1, -0.05) is 6.07 Å². The molecule has 3 aromatic rings. The molecule has 0 aliphatic carbocycles. The van der Waals surface area contributed by atoms with Gasteiger partial charge >= 0.3 is 6.09 Å². The number of rotatable bonds is 6. The number of hydrogen-bond acceptors (Lipinski definition) is 6. The summed E-state index contributed by atoms with van der Waals surface area (Å²) in [5.74, 6) is 0.595. The normalized spacial score (nSPS) is 16.1. The van der Waals surface area contributed by atoms with Gasteiger partial charge in [0.1, 0.15) is 17.9 Å². The second kappa shape index (κ2) is 10.2. The van der Waals surface area contributed by atoms with Crippen molar-refractivity contribution >= 4 is 23.3 Å². The molecule has 1 N–H and O–H groups in total. The van der Waals surface area contributed by atoms with Crippen LogP contribution in [0.1, 0.15) is 39.3 Å². The Bertz CT molecular complexity index is 1170. The summed E-state index contributed by atoms with van der Waals surface area (Å²) in [6, 6.07) is 11.1. The zero-order chi connectivity index (χ0) is 25.0. The quantitative estimate of drug-likeness (QED) is 0.558. The number of aromatic nitrogens is 2. The molecular weight excluding hydrogens is 448 g/mol. The Labute approximate surface area is 205 Å². The highest BCUT2D eigenvalue weighted by Crippen LogP contribution is 2.31. The van der Waals surface area contributed by atoms with E-state index in [9.17, 15) is 9.59 Å². The van der Waals surface area contributed by atoms with Gasteiger partial charge in [-0.3, -0.25) is 4.79 Å². The van der Waals surface area contributed by atoms with Gasteiger partial charge in [-0.05, 0) is 57.9 Å². The van der Waals surface area contributed by atoms with E-state index in [1.165, 1.54) is 0 Å². The van der Waals surface area contributed by atoms with E-state index >= 15 is 0 Å². The lowest BCUT2D eigenvalue weighted by atomic mass is 9.97. The molecule has 1 aliphatic rings. The third-order valence-corrected chi connectivity index (χ3v) is 5.66. The van der Waals surface area contributed by atoms with Crippen molar-refractivity contribution in [1.82, 2.24) is 14.3 Å². The first-order valence-electron chi connectivity index (χ1n) is 11.7. The first kappa shape index (κ1) is 24.4. The average molecular weight is 481 g/mol. The summed E-state index contributed by atoms with van der Waals surface area (Å²) in [6.45, 7) is 6.66. The van der Waals surface area contributed by atoms with Gasteiger partial charge in [-0.25, -0.2) is 9.78 Å². The van der Waals surface area contributed by atoms with E-state index < -0.39 is 5.60 Å². The summed E-state index contributed by atoms with van der Waals surface area (Å²) < 4.78 is 18.8. The van der Waals surface area contributed by atoms with Crippen LogP contribution in [0, 0.1) is 5.92 Å². The highest BCUT2D eigenvalue weighted by atomic mass is 16.6. The van der Waals surface area contributed by atoms with E-state index in [1.807, 2.05) is 55.8 Å². The van der Waals surface area contributed by atoms with Crippen LogP contribution in [-0.2, 0) is 16.1 Å². The molecule has 4 rings (SSSR count). The van der Waals surface area contributed by atoms with Crippen molar-refractivity contribution in [3.05, 3.63) is 54.5 Å². The van der Waals surface area contributed by atoms with E-state index in [0.29, 0.717) is 36.7 Å². The molecule has 1 atom stereocenters. The van der Waals surface area contributed by atoms with Crippen LogP contribution in [0.2, 0.25) is 0 Å². The third kappa shape index (κ3) is 6.23. The summed E-state index contributed by atoms with van der Waals surface area (Å²) in [6.07, 6.45) is 4.90. The first-order valence-corrected chi connectivity index (χ1v) is 11.7. The third-order valence-electron chi connectivity index (χ3n) is 5.66. The number of likely N-dealkylation sites (tertiary alicyclic amines) is 1. The van der Waals surface area contributed by atoms with Crippen LogP contribution in [0.15, 0.2) is 48.8 Å². The molecule has 9 nitrogen and oxygen atoms in total. The molecule has 0 radical (unpaired) electrons. The molecule has 1 fully saturated rings. The molecule has 3 heterocycles. The second-order valence-corrected chi connectivity index (χ2v) is 9.61. The molecule has 9 heteroatoms. The number of nitrogens with zero attached hydrogens (tertiary/aromatic N) is 3. The molecule has 1 saturated heterocycles. The molecule has 35 heavy (non-hydrogen) atoms. The van der Waals surface area contributed by atoms with Crippen LogP contribution in [0.4, 0.5) is 10.5 Å². The fourth-order valence-electron chi connectivity index (χ4n) is 4.00. The molecule has 0 saturated carbocycles. The summed E-state index contributed by atoms with van der Waals surface area (Å²) in [4.78, 5) is 31.6. The molecule has 0 spiro atoms. The number of carbonyl (C=O) groups is 2. The minimum atomic E-state index is -0.574. The van der Waals surface area contributed by atoms with Gasteiger partial charge in [0.25, 0.3) is 0 Å². The van der Waals surface area contributed by atoms with Gasteiger partial charge in [0.15, 0.2) is 11.5 Å². The van der Waals surface area contributed by atoms with Crippen molar-refractivity contribution in [2.45, 2.75) is 45.8 Å². The van der Waals surface area contributed by atoms with Crippen LogP contribution < -0.4 is 14.8 Å². The van der Waals surface area contributed by atoms with Gasteiger partial charge in [0, 0.05) is 37.2 Å². The Kier molecular flexibility index (Phi) is 7.14. The number of benzene rings is 1. The number of nitrogens with one attached hydrogen (secondary N) is 1. The van der Waals surface area contributed by atoms with Gasteiger partial charge in [0.2, 0.25) is 5.91 Å². The van der Waals surface area contributed by atoms with Crippen molar-refractivity contribution in [3.63, 3.8) is 0 Å². The highest BCUT2D eigenvalue weighted by Gasteiger charge is 2.31. The van der Waals surface area contributed by atoms with Crippen LogP contribution >= 0.6 is 0 Å². The number of ether oxygens (including phenoxy) is 3. The minimum absolute atomic E-state index is 0.144. The van der Waals surface area contributed by atoms with Crippen molar-refractivity contribution in [1.29, 1.82) is 0 Å². The lowest BCUT2D eigenvalue weighted by Gasteiger charge is -2.33. The van der Waals surface area contributed by atoms with Crippen LogP contribution in [0.5, 0.6) is 11.5 Å². The van der Waals surface area contributed by atoms with E-state index in [-0.39, 0.29) is 24.5 Å². The maximum Gasteiger partial charge on any atom is 0.410 e. The number of carbonyl (C=O) groups excluding carboxylic acids is 2. The summed E-state index contributed by atoms with van der Waals surface area (Å²) in [7, 11) is 1.57. The maximum atomic E-state index is 13.0. The van der Waals surface area contributed by atoms with Crippen molar-refractivity contribution < 1.29 is 23.8 Å². The topological polar surface area (TPSA) is 94.4 Å². The van der Waals surface area contributed by atoms with Crippen molar-refractivity contribution in [2.24, 2.45) is 5.92 Å². The largest absolute Gasteiger partial charge is 0.493 e. The molecular formula is C26H32N4O5. The molecule has 1 aromatic carbocycles. The second-order valence-electron chi connectivity index (χ2n) is 9.61. The number of pyridine rings is 1. The van der Waals surface area contributed by atoms with Crippen LogP contribution in [-0.4, -0.2) is 52.1 Å². The zero-order valence-electron chi connectivity index (χ0n) is 20.6. The zero-order valence-corrected chi connectivity index (χ0v) is 20.6. The average Bonchev–Trinajstić information content (AvgIpc) is 3.25. The van der Waals surface area contributed by atoms with Gasteiger partial charge < -0.3 is 28.8 Å². The van der Waals surface area contributed by atoms with Gasteiger partial charge in [0.05, 0.1) is 18.7 Å². The number of amides is 2.